The van der Waals surface area contributed by atoms with E-state index in [0.29, 0.717) is 11.5 Å². The number of anilines is 1. The number of rotatable bonds is 3. The van der Waals surface area contributed by atoms with Crippen molar-refractivity contribution in [3.63, 3.8) is 0 Å². The van der Waals surface area contributed by atoms with Crippen LogP contribution in [0.15, 0.2) is 18.3 Å². The molecular formula is C16H27N3. The van der Waals surface area contributed by atoms with E-state index in [-0.39, 0.29) is 0 Å². The molecule has 1 aromatic rings. The summed E-state index contributed by atoms with van der Waals surface area (Å²) in [7, 11) is 2.00. The molecule has 1 aromatic heterocycles. The van der Waals surface area contributed by atoms with E-state index in [1.807, 2.05) is 13.2 Å². The molecule has 0 amide bonds. The lowest BCUT2D eigenvalue weighted by molar-refractivity contribution is 0.263. The Morgan fingerprint density at radius 2 is 2.16 bits per heavy atom. The molecule has 1 N–H and O–H groups in total. The van der Waals surface area contributed by atoms with Gasteiger partial charge in [0.25, 0.3) is 0 Å². The van der Waals surface area contributed by atoms with E-state index in [1.165, 1.54) is 12.0 Å². The Morgan fingerprint density at radius 3 is 2.74 bits per heavy atom. The van der Waals surface area contributed by atoms with Gasteiger partial charge < -0.3 is 10.2 Å². The fourth-order valence-electron chi connectivity index (χ4n) is 2.72. The van der Waals surface area contributed by atoms with Crippen molar-refractivity contribution in [3.8, 4) is 0 Å². The first-order valence-corrected chi connectivity index (χ1v) is 7.30. The second-order valence-corrected chi connectivity index (χ2v) is 6.76. The van der Waals surface area contributed by atoms with Crippen LogP contribution in [0.2, 0.25) is 0 Å². The maximum Gasteiger partial charge on any atom is 0.128 e. The molecule has 0 aromatic carbocycles. The van der Waals surface area contributed by atoms with Crippen LogP contribution in [-0.2, 0) is 0 Å². The third kappa shape index (κ3) is 3.27. The molecule has 1 aliphatic heterocycles. The molecule has 3 heteroatoms. The molecule has 1 fully saturated rings. The summed E-state index contributed by atoms with van der Waals surface area (Å²) in [5.41, 5.74) is 1.71. The van der Waals surface area contributed by atoms with Crippen molar-refractivity contribution in [2.75, 3.05) is 25.0 Å². The standard InChI is InChI=1S/C16H27N3/c1-12(17-5)13-6-8-18-15(10-13)19-9-7-14(11-19)16(2,3)4/h6,8,10,12,14,17H,7,9,11H2,1-5H3. The van der Waals surface area contributed by atoms with E-state index < -0.39 is 0 Å². The summed E-state index contributed by atoms with van der Waals surface area (Å²) >= 11 is 0. The summed E-state index contributed by atoms with van der Waals surface area (Å²) in [6.45, 7) is 11.5. The highest BCUT2D eigenvalue weighted by molar-refractivity contribution is 5.43. The lowest BCUT2D eigenvalue weighted by Crippen LogP contribution is -2.26. The fourth-order valence-corrected chi connectivity index (χ4v) is 2.72. The van der Waals surface area contributed by atoms with E-state index in [9.17, 15) is 0 Å². The monoisotopic (exact) mass is 261 g/mol. The van der Waals surface area contributed by atoms with Gasteiger partial charge in [-0.15, -0.1) is 0 Å². The van der Waals surface area contributed by atoms with Gasteiger partial charge in [0.1, 0.15) is 5.82 Å². The number of pyridine rings is 1. The van der Waals surface area contributed by atoms with Gasteiger partial charge in [-0.2, -0.15) is 0 Å². The summed E-state index contributed by atoms with van der Waals surface area (Å²) in [4.78, 5) is 6.99. The number of aromatic nitrogens is 1. The van der Waals surface area contributed by atoms with Crippen LogP contribution in [0.3, 0.4) is 0 Å². The molecule has 0 spiro atoms. The molecule has 0 bridgehead atoms. The summed E-state index contributed by atoms with van der Waals surface area (Å²) in [5.74, 6) is 1.89. The van der Waals surface area contributed by atoms with Crippen molar-refractivity contribution in [3.05, 3.63) is 23.9 Å². The van der Waals surface area contributed by atoms with Crippen molar-refractivity contribution in [1.29, 1.82) is 0 Å². The predicted octanol–water partition coefficient (Wildman–Crippen LogP) is 3.23. The van der Waals surface area contributed by atoms with Crippen LogP contribution in [0, 0.1) is 11.3 Å². The van der Waals surface area contributed by atoms with Crippen LogP contribution >= 0.6 is 0 Å². The number of hydrogen-bond donors (Lipinski definition) is 1. The minimum atomic E-state index is 0.378. The van der Waals surface area contributed by atoms with Crippen LogP contribution in [0.4, 0.5) is 5.82 Å². The minimum Gasteiger partial charge on any atom is -0.356 e. The van der Waals surface area contributed by atoms with Crippen LogP contribution in [-0.4, -0.2) is 25.1 Å². The van der Waals surface area contributed by atoms with Gasteiger partial charge in [-0.05, 0) is 49.4 Å². The topological polar surface area (TPSA) is 28.2 Å². The van der Waals surface area contributed by atoms with Gasteiger partial charge in [0.2, 0.25) is 0 Å². The highest BCUT2D eigenvalue weighted by Crippen LogP contribution is 2.35. The van der Waals surface area contributed by atoms with Gasteiger partial charge >= 0.3 is 0 Å². The third-order valence-electron chi connectivity index (χ3n) is 4.44. The molecule has 106 valence electrons. The number of nitrogens with zero attached hydrogens (tertiary/aromatic N) is 2. The van der Waals surface area contributed by atoms with Crippen molar-refractivity contribution in [2.45, 2.75) is 40.2 Å². The van der Waals surface area contributed by atoms with E-state index in [2.05, 4.69) is 55.0 Å². The lowest BCUT2D eigenvalue weighted by atomic mass is 9.80. The second-order valence-electron chi connectivity index (χ2n) is 6.76. The van der Waals surface area contributed by atoms with Crippen LogP contribution < -0.4 is 10.2 Å². The number of nitrogens with one attached hydrogen (secondary N) is 1. The van der Waals surface area contributed by atoms with E-state index >= 15 is 0 Å². The van der Waals surface area contributed by atoms with Gasteiger partial charge in [0.15, 0.2) is 0 Å². The van der Waals surface area contributed by atoms with E-state index in [4.69, 9.17) is 0 Å². The third-order valence-corrected chi connectivity index (χ3v) is 4.44. The zero-order chi connectivity index (χ0) is 14.0. The van der Waals surface area contributed by atoms with Crippen molar-refractivity contribution < 1.29 is 0 Å². The molecule has 0 radical (unpaired) electrons. The van der Waals surface area contributed by atoms with E-state index in [0.717, 1.165) is 24.8 Å². The molecule has 1 saturated heterocycles. The quantitative estimate of drug-likeness (QED) is 0.905. The minimum absolute atomic E-state index is 0.378. The van der Waals surface area contributed by atoms with Gasteiger partial charge in [0.05, 0.1) is 0 Å². The Labute approximate surface area is 117 Å². The van der Waals surface area contributed by atoms with Crippen LogP contribution in [0.1, 0.15) is 45.7 Å². The van der Waals surface area contributed by atoms with Gasteiger partial charge in [-0.3, -0.25) is 0 Å². The van der Waals surface area contributed by atoms with Crippen molar-refractivity contribution >= 4 is 5.82 Å². The SMILES string of the molecule is CNC(C)c1ccnc(N2CCC(C(C)(C)C)C2)c1. The van der Waals surface area contributed by atoms with E-state index in [1.54, 1.807) is 0 Å². The molecule has 1 aliphatic rings. The van der Waals surface area contributed by atoms with Gasteiger partial charge in [-0.25, -0.2) is 4.98 Å². The first-order valence-electron chi connectivity index (χ1n) is 7.30. The normalized spacial score (nSPS) is 21.7. The van der Waals surface area contributed by atoms with Crippen LogP contribution in [0.25, 0.3) is 0 Å². The lowest BCUT2D eigenvalue weighted by Gasteiger charge is -2.27. The van der Waals surface area contributed by atoms with Crippen LogP contribution in [0.5, 0.6) is 0 Å². The molecule has 3 nitrogen and oxygen atoms in total. The highest BCUT2D eigenvalue weighted by atomic mass is 15.2. The predicted molar refractivity (Wildman–Crippen MR) is 81.5 cm³/mol. The second kappa shape index (κ2) is 5.49. The summed E-state index contributed by atoms with van der Waals surface area (Å²) < 4.78 is 0. The molecule has 2 heterocycles. The Bertz CT molecular complexity index is 422. The van der Waals surface area contributed by atoms with Gasteiger partial charge in [0, 0.05) is 25.3 Å². The summed E-state index contributed by atoms with van der Waals surface area (Å²) in [6, 6.07) is 4.71. The Morgan fingerprint density at radius 1 is 1.42 bits per heavy atom. The largest absolute Gasteiger partial charge is 0.356 e. The maximum absolute atomic E-state index is 4.55. The van der Waals surface area contributed by atoms with Crippen molar-refractivity contribution in [2.24, 2.45) is 11.3 Å². The maximum atomic E-state index is 4.55. The van der Waals surface area contributed by atoms with Crippen molar-refractivity contribution in [1.82, 2.24) is 10.3 Å². The van der Waals surface area contributed by atoms with Gasteiger partial charge in [-0.1, -0.05) is 20.8 Å². The average Bonchev–Trinajstić information content (AvgIpc) is 2.87. The summed E-state index contributed by atoms with van der Waals surface area (Å²) in [6.07, 6.45) is 3.21. The summed E-state index contributed by atoms with van der Waals surface area (Å²) in [5, 5.41) is 3.29. The smallest absolute Gasteiger partial charge is 0.128 e. The first-order chi connectivity index (χ1) is 8.91. The fraction of sp³-hybridized carbons (Fsp3) is 0.688. The zero-order valence-corrected chi connectivity index (χ0v) is 12.9. The molecule has 2 rings (SSSR count). The molecule has 2 atom stereocenters. The number of hydrogen-bond acceptors (Lipinski definition) is 3. The molecule has 2 unspecified atom stereocenters. The first kappa shape index (κ1) is 14.3. The molecule has 19 heavy (non-hydrogen) atoms. The zero-order valence-electron chi connectivity index (χ0n) is 12.9. The average molecular weight is 261 g/mol. The molecule has 0 saturated carbocycles. The Hall–Kier alpha value is -1.09. The molecular weight excluding hydrogens is 234 g/mol. The Kier molecular flexibility index (Phi) is 4.14. The Balaban J connectivity index is 2.11. The highest BCUT2D eigenvalue weighted by Gasteiger charge is 2.32. The molecule has 0 aliphatic carbocycles.